The molecule has 12 heavy (non-hydrogen) atoms. The lowest BCUT2D eigenvalue weighted by molar-refractivity contribution is -0.138. The summed E-state index contributed by atoms with van der Waals surface area (Å²) in [5.74, 6) is -1.01. The quantitative estimate of drug-likeness (QED) is 0.514. The highest BCUT2D eigenvalue weighted by molar-refractivity contribution is 7.98. The summed E-state index contributed by atoms with van der Waals surface area (Å²) in [6, 6.07) is -0.924. The minimum Gasteiger partial charge on any atom is -0.480 e. The molecule has 0 aromatic rings. The topological polar surface area (TPSA) is 92.4 Å². The van der Waals surface area contributed by atoms with Crippen molar-refractivity contribution in [3.05, 3.63) is 0 Å². The molecule has 5 nitrogen and oxygen atoms in total. The number of hydrogen-bond donors (Lipinski definition) is 3. The van der Waals surface area contributed by atoms with Crippen LogP contribution in [0.5, 0.6) is 0 Å². The Bertz CT molecular complexity index is 174. The van der Waals surface area contributed by atoms with Crippen LogP contribution in [0.15, 0.2) is 0 Å². The summed E-state index contributed by atoms with van der Waals surface area (Å²) in [4.78, 5) is 20.8. The van der Waals surface area contributed by atoms with Gasteiger partial charge in [0.25, 0.3) is 0 Å². The number of carbonyl (C=O) groups excluding carboxylic acids is 1. The molecule has 1 amide bonds. The highest BCUT2D eigenvalue weighted by atomic mass is 32.2. The molecular formula is C6H12N2O3S. The summed E-state index contributed by atoms with van der Waals surface area (Å²) in [6.45, 7) is 1.72. The number of hydrogen-bond acceptors (Lipinski definition) is 4. The number of carbonyl (C=O) groups is 2. The van der Waals surface area contributed by atoms with Crippen molar-refractivity contribution in [1.29, 1.82) is 0 Å². The summed E-state index contributed by atoms with van der Waals surface area (Å²) in [5, 5.41) is 8.35. The van der Waals surface area contributed by atoms with E-state index in [2.05, 4.69) is 4.72 Å². The van der Waals surface area contributed by atoms with E-state index in [1.807, 2.05) is 0 Å². The second kappa shape index (κ2) is 5.84. The molecule has 0 fully saturated rings. The molecule has 0 aromatic carbocycles. The van der Waals surface area contributed by atoms with Gasteiger partial charge in [-0.3, -0.25) is 9.59 Å². The van der Waals surface area contributed by atoms with Crippen LogP contribution in [0.2, 0.25) is 0 Å². The summed E-state index contributed by atoms with van der Waals surface area (Å²) < 4.78 is 2.45. The molecule has 4 N–H and O–H groups in total. The van der Waals surface area contributed by atoms with Crippen LogP contribution >= 0.6 is 11.9 Å². The van der Waals surface area contributed by atoms with Gasteiger partial charge in [0.05, 0.1) is 0 Å². The van der Waals surface area contributed by atoms with Crippen LogP contribution in [-0.4, -0.2) is 28.8 Å². The molecule has 0 aliphatic heterocycles. The molecule has 0 radical (unpaired) electrons. The van der Waals surface area contributed by atoms with Gasteiger partial charge in [0, 0.05) is 12.2 Å². The van der Waals surface area contributed by atoms with E-state index in [1.165, 1.54) is 0 Å². The first-order valence-electron chi connectivity index (χ1n) is 3.47. The number of nitrogens with one attached hydrogen (secondary N) is 1. The zero-order chi connectivity index (χ0) is 9.56. The third kappa shape index (κ3) is 4.97. The minimum absolute atomic E-state index is 0.127. The van der Waals surface area contributed by atoms with E-state index < -0.39 is 12.0 Å². The van der Waals surface area contributed by atoms with E-state index >= 15 is 0 Å². The van der Waals surface area contributed by atoms with Crippen LogP contribution in [0, 0.1) is 0 Å². The van der Waals surface area contributed by atoms with Gasteiger partial charge in [0.2, 0.25) is 5.91 Å². The average molecular weight is 192 g/mol. The maximum absolute atomic E-state index is 10.6. The van der Waals surface area contributed by atoms with Gasteiger partial charge in [-0.2, -0.15) is 0 Å². The third-order valence-corrected chi connectivity index (χ3v) is 1.98. The predicted molar refractivity (Wildman–Crippen MR) is 46.5 cm³/mol. The van der Waals surface area contributed by atoms with Gasteiger partial charge in [-0.1, -0.05) is 6.92 Å². The number of carboxylic acids is 1. The van der Waals surface area contributed by atoms with Crippen molar-refractivity contribution in [3.63, 3.8) is 0 Å². The molecule has 0 heterocycles. The van der Waals surface area contributed by atoms with Crippen molar-refractivity contribution in [3.8, 4) is 0 Å². The van der Waals surface area contributed by atoms with Crippen molar-refractivity contribution >= 4 is 23.8 Å². The van der Waals surface area contributed by atoms with Crippen LogP contribution in [0.4, 0.5) is 0 Å². The first-order chi connectivity index (χ1) is 5.57. The van der Waals surface area contributed by atoms with Gasteiger partial charge >= 0.3 is 5.97 Å². The van der Waals surface area contributed by atoms with Gasteiger partial charge in [-0.15, -0.1) is 0 Å². The van der Waals surface area contributed by atoms with Gasteiger partial charge in [0.15, 0.2) is 0 Å². The maximum Gasteiger partial charge on any atom is 0.321 e. The molecule has 0 aliphatic rings. The van der Waals surface area contributed by atoms with Crippen LogP contribution in [0.3, 0.4) is 0 Å². The van der Waals surface area contributed by atoms with Crippen molar-refractivity contribution in [2.45, 2.75) is 19.4 Å². The summed E-state index contributed by atoms with van der Waals surface area (Å²) in [5.41, 5.74) is 5.17. The van der Waals surface area contributed by atoms with E-state index in [-0.39, 0.29) is 11.7 Å². The fourth-order valence-electron chi connectivity index (χ4n) is 0.355. The van der Waals surface area contributed by atoms with Crippen LogP contribution in [0.25, 0.3) is 0 Å². The lowest BCUT2D eigenvalue weighted by atomic mass is 10.4. The van der Waals surface area contributed by atoms with Crippen molar-refractivity contribution in [2.24, 2.45) is 5.73 Å². The van der Waals surface area contributed by atoms with Gasteiger partial charge in [0.1, 0.15) is 6.04 Å². The van der Waals surface area contributed by atoms with Crippen molar-refractivity contribution in [2.75, 3.05) is 5.75 Å². The predicted octanol–water partition coefficient (Wildman–Crippen LogP) is -0.427. The number of rotatable bonds is 5. The number of aliphatic carboxylic acids is 1. The van der Waals surface area contributed by atoms with E-state index in [1.54, 1.807) is 6.92 Å². The Kier molecular flexibility index (Phi) is 5.48. The SMILES string of the molecule is CCC(=O)NSC[C@H](N)C(=O)O. The summed E-state index contributed by atoms with van der Waals surface area (Å²) in [6.07, 6.45) is 0.384. The fraction of sp³-hybridized carbons (Fsp3) is 0.667. The Hall–Kier alpha value is -0.750. The van der Waals surface area contributed by atoms with Gasteiger partial charge < -0.3 is 15.6 Å². The zero-order valence-corrected chi connectivity index (χ0v) is 7.56. The zero-order valence-electron chi connectivity index (χ0n) is 6.74. The molecule has 0 spiro atoms. The molecule has 70 valence electrons. The molecule has 1 atom stereocenters. The standard InChI is InChI=1S/C6H12N2O3S/c1-2-5(9)8-12-3-4(7)6(10)11/h4H,2-3,7H2,1H3,(H,8,9)(H,10,11)/t4-/m0/s1. The smallest absolute Gasteiger partial charge is 0.321 e. The molecule has 0 aromatic heterocycles. The summed E-state index contributed by atoms with van der Waals surface area (Å²) >= 11 is 1.02. The summed E-state index contributed by atoms with van der Waals surface area (Å²) in [7, 11) is 0. The lowest BCUT2D eigenvalue weighted by Gasteiger charge is -2.05. The van der Waals surface area contributed by atoms with Crippen molar-refractivity contribution < 1.29 is 14.7 Å². The Balaban J connectivity index is 3.43. The molecule has 0 bridgehead atoms. The van der Waals surface area contributed by atoms with E-state index in [0.717, 1.165) is 11.9 Å². The van der Waals surface area contributed by atoms with E-state index in [4.69, 9.17) is 10.8 Å². The van der Waals surface area contributed by atoms with Crippen LogP contribution < -0.4 is 10.5 Å². The van der Waals surface area contributed by atoms with Crippen molar-refractivity contribution in [1.82, 2.24) is 4.72 Å². The molecule has 0 saturated carbocycles. The first-order valence-corrected chi connectivity index (χ1v) is 4.45. The molecular weight excluding hydrogens is 180 g/mol. The maximum atomic E-state index is 10.6. The normalized spacial score (nSPS) is 12.2. The van der Waals surface area contributed by atoms with Gasteiger partial charge in [-0.25, -0.2) is 0 Å². The number of nitrogens with two attached hydrogens (primary N) is 1. The molecule has 6 heteroatoms. The Morgan fingerprint density at radius 1 is 1.67 bits per heavy atom. The average Bonchev–Trinajstić information content (AvgIpc) is 2.03. The molecule has 0 saturated heterocycles. The highest BCUT2D eigenvalue weighted by Gasteiger charge is 2.11. The minimum atomic E-state index is -1.06. The van der Waals surface area contributed by atoms with E-state index in [0.29, 0.717) is 6.42 Å². The lowest BCUT2D eigenvalue weighted by Crippen LogP contribution is -2.34. The van der Waals surface area contributed by atoms with Crippen LogP contribution in [0.1, 0.15) is 13.3 Å². The third-order valence-electron chi connectivity index (χ3n) is 1.09. The Morgan fingerprint density at radius 3 is 2.67 bits per heavy atom. The Labute approximate surface area is 74.8 Å². The largest absolute Gasteiger partial charge is 0.480 e. The van der Waals surface area contributed by atoms with Gasteiger partial charge in [-0.05, 0) is 11.9 Å². The number of carboxylic acid groups (broad SMARTS) is 1. The molecule has 0 rings (SSSR count). The number of amides is 1. The monoisotopic (exact) mass is 192 g/mol. The second-order valence-electron chi connectivity index (χ2n) is 2.13. The second-order valence-corrected chi connectivity index (χ2v) is 2.96. The highest BCUT2D eigenvalue weighted by Crippen LogP contribution is 1.96. The Morgan fingerprint density at radius 2 is 2.25 bits per heavy atom. The van der Waals surface area contributed by atoms with Crippen LogP contribution in [-0.2, 0) is 9.59 Å². The molecule has 0 aliphatic carbocycles. The first kappa shape index (κ1) is 11.2. The molecule has 0 unspecified atom stereocenters. The fourth-order valence-corrected chi connectivity index (χ4v) is 1.07. The van der Waals surface area contributed by atoms with E-state index in [9.17, 15) is 9.59 Å².